The molecule has 4 heteroatoms. The van der Waals surface area contributed by atoms with E-state index >= 15 is 0 Å². The molecule has 32 heavy (non-hydrogen) atoms. The van der Waals surface area contributed by atoms with Gasteiger partial charge in [-0.3, -0.25) is 4.99 Å². The predicted molar refractivity (Wildman–Crippen MR) is 132 cm³/mol. The first-order valence-electron chi connectivity index (χ1n) is 10.4. The fourth-order valence-corrected chi connectivity index (χ4v) is 3.68. The summed E-state index contributed by atoms with van der Waals surface area (Å²) >= 11 is 6.06. The van der Waals surface area contributed by atoms with E-state index in [-0.39, 0.29) is 6.04 Å². The van der Waals surface area contributed by atoms with Gasteiger partial charge in [0.2, 0.25) is 0 Å². The molecule has 3 nitrogen and oxygen atoms in total. The number of aliphatic imine (C=N–C) groups is 1. The minimum absolute atomic E-state index is 0.343. The Bertz CT molecular complexity index is 1160. The van der Waals surface area contributed by atoms with Crippen LogP contribution in [0.1, 0.15) is 22.7 Å². The lowest BCUT2D eigenvalue weighted by molar-refractivity contribution is 0.690. The van der Waals surface area contributed by atoms with Crippen LogP contribution < -0.4 is 5.32 Å². The molecular weight excluding hydrogens is 414 g/mol. The van der Waals surface area contributed by atoms with Gasteiger partial charge in [0.1, 0.15) is 0 Å². The maximum atomic E-state index is 10.2. The Morgan fingerprint density at radius 3 is 1.72 bits per heavy atom. The van der Waals surface area contributed by atoms with E-state index in [1.807, 2.05) is 115 Å². The van der Waals surface area contributed by atoms with Crippen LogP contribution in [0, 0.1) is 11.3 Å². The highest BCUT2D eigenvalue weighted by Crippen LogP contribution is 2.27. The SMILES string of the molecule is N#CC(N=C(c1ccccc1)c1ccccc1)C(Nc1ccc(Cl)cc1)c1ccccc1. The monoisotopic (exact) mass is 435 g/mol. The van der Waals surface area contributed by atoms with E-state index in [9.17, 15) is 5.26 Å². The van der Waals surface area contributed by atoms with Gasteiger partial charge in [-0.15, -0.1) is 0 Å². The van der Waals surface area contributed by atoms with Crippen molar-refractivity contribution in [2.24, 2.45) is 4.99 Å². The second-order valence-electron chi connectivity index (χ2n) is 7.32. The molecule has 0 aromatic heterocycles. The van der Waals surface area contributed by atoms with E-state index in [0.29, 0.717) is 5.02 Å². The summed E-state index contributed by atoms with van der Waals surface area (Å²) in [4.78, 5) is 4.99. The van der Waals surface area contributed by atoms with Gasteiger partial charge in [0.15, 0.2) is 6.04 Å². The van der Waals surface area contributed by atoms with Gasteiger partial charge in [0, 0.05) is 21.8 Å². The van der Waals surface area contributed by atoms with Crippen LogP contribution in [0.4, 0.5) is 5.69 Å². The maximum Gasteiger partial charge on any atom is 0.161 e. The molecule has 0 heterocycles. The minimum Gasteiger partial charge on any atom is -0.375 e. The summed E-state index contributed by atoms with van der Waals surface area (Å²) in [5.41, 5.74) is 4.59. The van der Waals surface area contributed by atoms with Gasteiger partial charge in [-0.2, -0.15) is 5.26 Å². The zero-order chi connectivity index (χ0) is 22.2. The van der Waals surface area contributed by atoms with Crippen LogP contribution in [0.5, 0.6) is 0 Å². The lowest BCUT2D eigenvalue weighted by Crippen LogP contribution is -2.25. The Morgan fingerprint density at radius 1 is 0.719 bits per heavy atom. The topological polar surface area (TPSA) is 48.2 Å². The molecule has 4 rings (SSSR count). The van der Waals surface area contributed by atoms with Crippen molar-refractivity contribution in [3.05, 3.63) is 137 Å². The molecule has 2 atom stereocenters. The number of hydrogen-bond donors (Lipinski definition) is 1. The van der Waals surface area contributed by atoms with Gasteiger partial charge in [-0.1, -0.05) is 103 Å². The molecule has 0 bridgehead atoms. The van der Waals surface area contributed by atoms with E-state index in [4.69, 9.17) is 16.6 Å². The Kier molecular flexibility index (Phi) is 6.97. The smallest absolute Gasteiger partial charge is 0.161 e. The minimum atomic E-state index is -0.663. The van der Waals surface area contributed by atoms with E-state index in [2.05, 4.69) is 11.4 Å². The van der Waals surface area contributed by atoms with Crippen molar-refractivity contribution in [2.45, 2.75) is 12.1 Å². The molecule has 156 valence electrons. The van der Waals surface area contributed by atoms with Gasteiger partial charge < -0.3 is 5.32 Å². The third-order valence-electron chi connectivity index (χ3n) is 5.14. The summed E-state index contributed by atoms with van der Waals surface area (Å²) in [6.07, 6.45) is 0. The van der Waals surface area contributed by atoms with Crippen LogP contribution >= 0.6 is 11.6 Å². The molecule has 0 amide bonds. The van der Waals surface area contributed by atoms with Crippen LogP contribution in [-0.4, -0.2) is 11.8 Å². The third kappa shape index (κ3) is 5.24. The quantitative estimate of drug-likeness (QED) is 0.320. The van der Waals surface area contributed by atoms with Crippen molar-refractivity contribution in [1.82, 2.24) is 0 Å². The maximum absolute atomic E-state index is 10.2. The van der Waals surface area contributed by atoms with Crippen LogP contribution in [0.3, 0.4) is 0 Å². The standard InChI is InChI=1S/C28H22ClN3/c29-24-16-18-25(19-17-24)31-28(23-14-8-3-9-15-23)26(20-30)32-27(21-10-4-1-5-11-21)22-12-6-2-7-13-22/h1-19,26,28,31H. The molecule has 0 aliphatic carbocycles. The van der Waals surface area contributed by atoms with Gasteiger partial charge >= 0.3 is 0 Å². The molecule has 0 aliphatic heterocycles. The highest BCUT2D eigenvalue weighted by Gasteiger charge is 2.24. The summed E-state index contributed by atoms with van der Waals surface area (Å²) in [5.74, 6) is 0. The van der Waals surface area contributed by atoms with E-state index in [1.165, 1.54) is 0 Å². The first-order valence-corrected chi connectivity index (χ1v) is 10.8. The Morgan fingerprint density at radius 2 is 1.22 bits per heavy atom. The van der Waals surface area contributed by atoms with Crippen molar-refractivity contribution in [3.8, 4) is 6.07 Å². The van der Waals surface area contributed by atoms with Crippen LogP contribution in [0.15, 0.2) is 120 Å². The normalized spacial score (nSPS) is 12.2. The second kappa shape index (κ2) is 10.4. The number of benzene rings is 4. The number of hydrogen-bond acceptors (Lipinski definition) is 3. The van der Waals surface area contributed by atoms with Crippen molar-refractivity contribution in [3.63, 3.8) is 0 Å². The number of rotatable bonds is 7. The predicted octanol–water partition coefficient (Wildman–Crippen LogP) is 6.92. The summed E-state index contributed by atoms with van der Waals surface area (Å²) in [7, 11) is 0. The van der Waals surface area contributed by atoms with Crippen molar-refractivity contribution in [1.29, 1.82) is 5.26 Å². The van der Waals surface area contributed by atoms with Crippen molar-refractivity contribution in [2.75, 3.05) is 5.32 Å². The molecule has 1 N–H and O–H groups in total. The van der Waals surface area contributed by atoms with Gasteiger partial charge in [-0.05, 0) is 29.8 Å². The Labute approximate surface area is 193 Å². The summed E-state index contributed by atoms with van der Waals surface area (Å²) in [6, 6.07) is 38.8. The van der Waals surface area contributed by atoms with E-state index in [0.717, 1.165) is 28.1 Å². The second-order valence-corrected chi connectivity index (χ2v) is 7.76. The zero-order valence-electron chi connectivity index (χ0n) is 17.4. The van der Waals surface area contributed by atoms with Gasteiger partial charge in [-0.25, -0.2) is 0 Å². The molecule has 4 aromatic carbocycles. The fourth-order valence-electron chi connectivity index (χ4n) is 3.56. The van der Waals surface area contributed by atoms with Crippen molar-refractivity contribution >= 4 is 23.0 Å². The molecule has 2 unspecified atom stereocenters. The summed E-state index contributed by atoms with van der Waals surface area (Å²) in [5, 5.41) is 14.4. The summed E-state index contributed by atoms with van der Waals surface area (Å²) in [6.45, 7) is 0. The molecule has 4 aromatic rings. The Balaban J connectivity index is 1.79. The molecule has 0 fully saturated rings. The molecule has 0 saturated heterocycles. The molecule has 0 saturated carbocycles. The van der Waals surface area contributed by atoms with E-state index in [1.54, 1.807) is 0 Å². The average Bonchev–Trinajstić information content (AvgIpc) is 2.86. The number of nitriles is 1. The van der Waals surface area contributed by atoms with E-state index < -0.39 is 6.04 Å². The Hall–Kier alpha value is -3.87. The highest BCUT2D eigenvalue weighted by atomic mass is 35.5. The number of anilines is 1. The highest BCUT2D eigenvalue weighted by molar-refractivity contribution is 6.30. The molecular formula is C28H22ClN3. The fraction of sp³-hybridized carbons (Fsp3) is 0.0714. The van der Waals surface area contributed by atoms with Gasteiger partial charge in [0.05, 0.1) is 17.8 Å². The molecule has 0 aliphatic rings. The van der Waals surface area contributed by atoms with Crippen LogP contribution in [0.25, 0.3) is 0 Å². The van der Waals surface area contributed by atoms with Crippen LogP contribution in [-0.2, 0) is 0 Å². The molecule has 0 spiro atoms. The first kappa shape index (κ1) is 21.4. The third-order valence-corrected chi connectivity index (χ3v) is 5.39. The van der Waals surface area contributed by atoms with Gasteiger partial charge in [0.25, 0.3) is 0 Å². The molecule has 0 radical (unpaired) electrons. The number of nitrogens with zero attached hydrogens (tertiary/aromatic N) is 2. The summed E-state index contributed by atoms with van der Waals surface area (Å²) < 4.78 is 0. The first-order chi connectivity index (χ1) is 15.7. The largest absolute Gasteiger partial charge is 0.375 e. The average molecular weight is 436 g/mol. The number of halogens is 1. The van der Waals surface area contributed by atoms with Crippen LogP contribution in [0.2, 0.25) is 5.02 Å². The lowest BCUT2D eigenvalue weighted by Gasteiger charge is -2.24. The zero-order valence-corrected chi connectivity index (χ0v) is 18.2. The van der Waals surface area contributed by atoms with Crippen molar-refractivity contribution < 1.29 is 0 Å². The number of nitrogens with one attached hydrogen (secondary N) is 1. The lowest BCUT2D eigenvalue weighted by atomic mass is 9.97.